The molecular weight excluding hydrogens is 432 g/mol. The molecule has 0 aliphatic heterocycles. The van der Waals surface area contributed by atoms with Crippen molar-refractivity contribution in [1.82, 2.24) is 4.57 Å². The van der Waals surface area contributed by atoms with E-state index >= 15 is 0 Å². The van der Waals surface area contributed by atoms with E-state index in [-0.39, 0.29) is 6.10 Å². The molecule has 1 unspecified atom stereocenters. The van der Waals surface area contributed by atoms with Gasteiger partial charge in [0.1, 0.15) is 30.8 Å². The lowest BCUT2D eigenvalue weighted by Crippen LogP contribution is -2.35. The molecule has 9 heteroatoms. The Bertz CT molecular complexity index is 874. The van der Waals surface area contributed by atoms with Gasteiger partial charge in [0.25, 0.3) is 0 Å². The van der Waals surface area contributed by atoms with Crippen LogP contribution in [-0.2, 0) is 28.2 Å². The summed E-state index contributed by atoms with van der Waals surface area (Å²) < 4.78 is 49.2. The first kappa shape index (κ1) is 27.8. The van der Waals surface area contributed by atoms with Crippen LogP contribution in [0.3, 0.4) is 0 Å². The molecule has 0 fully saturated rings. The highest BCUT2D eigenvalue weighted by Gasteiger charge is 2.20. The highest BCUT2D eigenvalue weighted by atomic mass is 32.3. The van der Waals surface area contributed by atoms with Crippen LogP contribution >= 0.6 is 0 Å². The van der Waals surface area contributed by atoms with E-state index in [1.807, 2.05) is 25.1 Å². The molecule has 180 valence electrons. The Morgan fingerprint density at radius 3 is 2.56 bits per heavy atom. The number of aromatic nitrogens is 2. The van der Waals surface area contributed by atoms with Gasteiger partial charge in [-0.15, -0.1) is 6.58 Å². The summed E-state index contributed by atoms with van der Waals surface area (Å²) in [5.74, 6) is 0.894. The van der Waals surface area contributed by atoms with E-state index in [0.29, 0.717) is 13.2 Å². The van der Waals surface area contributed by atoms with Crippen LogP contribution < -0.4 is 9.30 Å². The van der Waals surface area contributed by atoms with Gasteiger partial charge in [-0.1, -0.05) is 50.5 Å². The Hall–Kier alpha value is -2.20. The second kappa shape index (κ2) is 15.6. The summed E-state index contributed by atoms with van der Waals surface area (Å²) in [6, 6.07) is 8.13. The molecule has 1 N–H and O–H groups in total. The maximum Gasteiger partial charge on any atom is 0.243 e. The first-order valence-corrected chi connectivity index (χ1v) is 12.3. The molecule has 0 saturated heterocycles. The van der Waals surface area contributed by atoms with Crippen LogP contribution in [0.2, 0.25) is 0 Å². The second-order valence-corrected chi connectivity index (χ2v) is 8.13. The highest BCUT2D eigenvalue weighted by Crippen LogP contribution is 2.28. The van der Waals surface area contributed by atoms with Crippen molar-refractivity contribution >= 4 is 10.4 Å². The third-order valence-corrected chi connectivity index (χ3v) is 4.62. The molecule has 0 radical (unpaired) electrons. The number of hydrogen-bond donors (Lipinski definition) is 1. The van der Waals surface area contributed by atoms with Crippen molar-refractivity contribution in [2.75, 3.05) is 13.2 Å². The van der Waals surface area contributed by atoms with Crippen molar-refractivity contribution in [2.45, 2.75) is 65.1 Å². The number of nitrogens with zero attached hydrogens (tertiary/aromatic N) is 2. The van der Waals surface area contributed by atoms with Crippen molar-refractivity contribution in [3.63, 3.8) is 0 Å². The first-order chi connectivity index (χ1) is 15.3. The maximum atomic E-state index is 8.63. The molecule has 1 atom stereocenters. The molecule has 1 heterocycles. The van der Waals surface area contributed by atoms with Gasteiger partial charge in [-0.2, -0.15) is 0 Å². The number of benzene rings is 1. The smallest absolute Gasteiger partial charge is 0.243 e. The van der Waals surface area contributed by atoms with Crippen LogP contribution in [-0.4, -0.2) is 35.3 Å². The lowest BCUT2D eigenvalue weighted by Gasteiger charge is -2.19. The molecule has 0 saturated carbocycles. The van der Waals surface area contributed by atoms with Gasteiger partial charge in [0, 0.05) is 5.56 Å². The fourth-order valence-electron chi connectivity index (χ4n) is 3.23. The third-order valence-electron chi connectivity index (χ3n) is 4.62. The standard InChI is InChI=1S/C23H35N2O2.H2O4S/c1-4-7-8-9-12-15-24-16-17-25(20-24)19-23(27-18-5-2)21-13-10-11-14-22(21)26-6-3;1-5(2,3)4/h5,10-11,13-14,16-17,20,23H,2,4,6-9,12,15,18-19H2,1,3H3;(H2,1,2,3,4)/q+1;/p-1. The second-order valence-electron chi connectivity index (χ2n) is 7.27. The minimum absolute atomic E-state index is 0.0730. The number of aryl methyl sites for hydroxylation is 1. The molecule has 0 aliphatic carbocycles. The van der Waals surface area contributed by atoms with E-state index in [0.717, 1.165) is 24.4 Å². The monoisotopic (exact) mass is 468 g/mol. The number of imidazole rings is 1. The fourth-order valence-corrected chi connectivity index (χ4v) is 3.23. The Kier molecular flexibility index (Phi) is 13.5. The van der Waals surface area contributed by atoms with Crippen LogP contribution in [0.5, 0.6) is 5.75 Å². The van der Waals surface area contributed by atoms with Crippen molar-refractivity contribution in [1.29, 1.82) is 0 Å². The van der Waals surface area contributed by atoms with Gasteiger partial charge in [-0.25, -0.2) is 17.6 Å². The number of para-hydroxylation sites is 1. The predicted molar refractivity (Wildman–Crippen MR) is 122 cm³/mol. The van der Waals surface area contributed by atoms with Gasteiger partial charge < -0.3 is 14.0 Å². The fraction of sp³-hybridized carbons (Fsp3) is 0.522. The van der Waals surface area contributed by atoms with Gasteiger partial charge in [0.2, 0.25) is 16.7 Å². The molecule has 2 aromatic rings. The van der Waals surface area contributed by atoms with E-state index in [1.165, 1.54) is 32.1 Å². The van der Waals surface area contributed by atoms with E-state index in [9.17, 15) is 0 Å². The lowest BCUT2D eigenvalue weighted by atomic mass is 10.1. The summed E-state index contributed by atoms with van der Waals surface area (Å²) in [4.78, 5) is 0. The molecular formula is C23H36N2O6S. The number of ether oxygens (including phenoxy) is 2. The molecule has 0 bridgehead atoms. The maximum absolute atomic E-state index is 8.63. The normalized spacial score (nSPS) is 12.0. The van der Waals surface area contributed by atoms with Crippen molar-refractivity contribution in [2.24, 2.45) is 0 Å². The Morgan fingerprint density at radius 2 is 1.91 bits per heavy atom. The van der Waals surface area contributed by atoms with E-state index in [1.54, 1.807) is 6.08 Å². The van der Waals surface area contributed by atoms with Crippen LogP contribution in [0, 0.1) is 0 Å². The summed E-state index contributed by atoms with van der Waals surface area (Å²) in [6.07, 6.45) is 14.7. The van der Waals surface area contributed by atoms with Crippen molar-refractivity contribution in [3.8, 4) is 5.75 Å². The van der Waals surface area contributed by atoms with E-state index in [2.05, 4.69) is 47.4 Å². The number of rotatable bonds is 14. The zero-order valence-electron chi connectivity index (χ0n) is 19.1. The molecule has 0 aliphatic rings. The minimum atomic E-state index is -4.92. The molecule has 1 aromatic carbocycles. The summed E-state index contributed by atoms with van der Waals surface area (Å²) in [6.45, 7) is 11.0. The summed E-state index contributed by atoms with van der Waals surface area (Å²) in [5, 5.41) is 0. The Morgan fingerprint density at radius 1 is 1.22 bits per heavy atom. The van der Waals surface area contributed by atoms with Gasteiger partial charge in [0.15, 0.2) is 0 Å². The molecule has 8 nitrogen and oxygen atoms in total. The van der Waals surface area contributed by atoms with Crippen molar-refractivity contribution in [3.05, 3.63) is 61.2 Å². The van der Waals surface area contributed by atoms with Crippen LogP contribution in [0.1, 0.15) is 57.6 Å². The molecule has 0 spiro atoms. The third kappa shape index (κ3) is 12.6. The van der Waals surface area contributed by atoms with E-state index in [4.69, 9.17) is 27.0 Å². The summed E-state index contributed by atoms with van der Waals surface area (Å²) in [7, 11) is -4.92. The summed E-state index contributed by atoms with van der Waals surface area (Å²) in [5.41, 5.74) is 1.08. The zero-order chi connectivity index (χ0) is 23.8. The molecule has 32 heavy (non-hydrogen) atoms. The van der Waals surface area contributed by atoms with Gasteiger partial charge in [-0.05, 0) is 25.8 Å². The van der Waals surface area contributed by atoms with Crippen LogP contribution in [0.25, 0.3) is 0 Å². The number of unbranched alkanes of at least 4 members (excludes halogenated alkanes) is 4. The highest BCUT2D eigenvalue weighted by molar-refractivity contribution is 7.79. The lowest BCUT2D eigenvalue weighted by molar-refractivity contribution is -0.704. The Balaban J connectivity index is 0.000000920. The van der Waals surface area contributed by atoms with Gasteiger partial charge in [0.05, 0.1) is 19.8 Å². The molecule has 1 aromatic heterocycles. The SMILES string of the molecule is C=CCOC(C[n+]1ccn(CCCCCCC)c1)c1ccccc1OCC.O=S(=O)([O-])O. The minimum Gasteiger partial charge on any atom is -0.726 e. The molecule has 0 amide bonds. The Labute approximate surface area is 192 Å². The van der Waals surface area contributed by atoms with E-state index < -0.39 is 10.4 Å². The average molecular weight is 469 g/mol. The predicted octanol–water partition coefficient (Wildman–Crippen LogP) is 4.09. The zero-order valence-corrected chi connectivity index (χ0v) is 19.9. The van der Waals surface area contributed by atoms with Gasteiger partial charge in [-0.3, -0.25) is 4.55 Å². The van der Waals surface area contributed by atoms with Crippen molar-refractivity contribution < 1.29 is 31.6 Å². The topological polar surface area (TPSA) is 105 Å². The largest absolute Gasteiger partial charge is 0.726 e. The summed E-state index contributed by atoms with van der Waals surface area (Å²) >= 11 is 0. The molecule has 2 rings (SSSR count). The van der Waals surface area contributed by atoms with Crippen LogP contribution in [0.4, 0.5) is 0 Å². The van der Waals surface area contributed by atoms with Gasteiger partial charge >= 0.3 is 0 Å². The average Bonchev–Trinajstić information content (AvgIpc) is 3.18. The van der Waals surface area contributed by atoms with Crippen LogP contribution in [0.15, 0.2) is 55.6 Å². The quantitative estimate of drug-likeness (QED) is 0.147. The number of hydrogen-bond acceptors (Lipinski definition) is 5. The first-order valence-electron chi connectivity index (χ1n) is 11.0.